The van der Waals surface area contributed by atoms with Gasteiger partial charge in [0.15, 0.2) is 0 Å². The molecule has 0 aliphatic carbocycles. The molecule has 2 heterocycles. The molecule has 3 unspecified atom stereocenters. The molecule has 0 amide bonds. The van der Waals surface area contributed by atoms with E-state index in [9.17, 15) is 5.11 Å². The van der Waals surface area contributed by atoms with Gasteiger partial charge in [0.25, 0.3) is 0 Å². The minimum atomic E-state index is -0.110. The van der Waals surface area contributed by atoms with Crippen molar-refractivity contribution in [2.75, 3.05) is 26.2 Å². The third-order valence-electron chi connectivity index (χ3n) is 3.49. The van der Waals surface area contributed by atoms with Crippen LogP contribution in [-0.4, -0.2) is 48.5 Å². The Morgan fingerprint density at radius 3 is 2.86 bits per heavy atom. The van der Waals surface area contributed by atoms with E-state index in [-0.39, 0.29) is 6.10 Å². The summed E-state index contributed by atoms with van der Waals surface area (Å²) in [5, 5.41) is 9.75. The summed E-state index contributed by atoms with van der Waals surface area (Å²) in [5.41, 5.74) is 0. The Bertz CT molecular complexity index is 180. The predicted molar refractivity (Wildman–Crippen MR) is 55.2 cm³/mol. The molecule has 82 valence electrons. The first-order valence-corrected chi connectivity index (χ1v) is 5.81. The third-order valence-corrected chi connectivity index (χ3v) is 3.49. The van der Waals surface area contributed by atoms with Gasteiger partial charge < -0.3 is 9.84 Å². The van der Waals surface area contributed by atoms with E-state index in [1.807, 2.05) is 0 Å². The number of ether oxygens (including phenoxy) is 1. The number of β-amino-alcohol motifs (C(OH)–C–C–N with tert-alkyl or cyclic N) is 1. The van der Waals surface area contributed by atoms with Gasteiger partial charge in [-0.3, -0.25) is 4.90 Å². The molecule has 2 rings (SSSR count). The summed E-state index contributed by atoms with van der Waals surface area (Å²) in [6.45, 7) is 6.01. The van der Waals surface area contributed by atoms with E-state index in [1.165, 1.54) is 12.8 Å². The Morgan fingerprint density at radius 1 is 1.43 bits per heavy atom. The van der Waals surface area contributed by atoms with Crippen LogP contribution in [0.1, 0.15) is 26.2 Å². The fourth-order valence-corrected chi connectivity index (χ4v) is 2.57. The van der Waals surface area contributed by atoms with Crippen molar-refractivity contribution < 1.29 is 9.84 Å². The smallest absolute Gasteiger partial charge is 0.0707 e. The first-order chi connectivity index (χ1) is 6.79. The van der Waals surface area contributed by atoms with E-state index in [2.05, 4.69) is 11.8 Å². The van der Waals surface area contributed by atoms with Gasteiger partial charge in [-0.25, -0.2) is 0 Å². The average Bonchev–Trinajstić information content (AvgIpc) is 2.76. The van der Waals surface area contributed by atoms with E-state index < -0.39 is 0 Å². The monoisotopic (exact) mass is 199 g/mol. The highest BCUT2D eigenvalue weighted by molar-refractivity contribution is 4.84. The summed E-state index contributed by atoms with van der Waals surface area (Å²) in [4.78, 5) is 2.36. The Balaban J connectivity index is 1.77. The summed E-state index contributed by atoms with van der Waals surface area (Å²) in [7, 11) is 0. The van der Waals surface area contributed by atoms with E-state index in [0.717, 1.165) is 32.7 Å². The van der Waals surface area contributed by atoms with Crippen LogP contribution in [0.25, 0.3) is 0 Å². The van der Waals surface area contributed by atoms with Crippen LogP contribution in [0.4, 0.5) is 0 Å². The molecule has 1 N–H and O–H groups in total. The number of aliphatic hydroxyl groups excluding tert-OH is 1. The lowest BCUT2D eigenvalue weighted by Crippen LogP contribution is -2.31. The molecule has 0 radical (unpaired) electrons. The molecule has 0 aromatic heterocycles. The maximum absolute atomic E-state index is 9.75. The molecular weight excluding hydrogens is 178 g/mol. The lowest BCUT2D eigenvalue weighted by atomic mass is 10.0. The molecule has 0 aromatic carbocycles. The number of likely N-dealkylation sites (tertiary alicyclic amines) is 1. The van der Waals surface area contributed by atoms with Crippen molar-refractivity contribution >= 4 is 0 Å². The second-order valence-corrected chi connectivity index (χ2v) is 4.59. The average molecular weight is 199 g/mol. The topological polar surface area (TPSA) is 32.7 Å². The van der Waals surface area contributed by atoms with Crippen LogP contribution in [0.5, 0.6) is 0 Å². The third kappa shape index (κ3) is 2.27. The van der Waals surface area contributed by atoms with Gasteiger partial charge in [0.2, 0.25) is 0 Å². The fourth-order valence-electron chi connectivity index (χ4n) is 2.57. The van der Waals surface area contributed by atoms with Crippen molar-refractivity contribution in [3.8, 4) is 0 Å². The summed E-state index contributed by atoms with van der Waals surface area (Å²) in [5.74, 6) is 0.483. The first-order valence-electron chi connectivity index (χ1n) is 5.81. The standard InChI is InChI=1S/C11H21NO2/c1-2-9-6-12(8-11(9)13)7-10-4-3-5-14-10/h9-11,13H,2-8H2,1H3. The molecule has 2 saturated heterocycles. The van der Waals surface area contributed by atoms with Crippen molar-refractivity contribution in [1.29, 1.82) is 0 Å². The van der Waals surface area contributed by atoms with Crippen LogP contribution in [-0.2, 0) is 4.74 Å². The van der Waals surface area contributed by atoms with Gasteiger partial charge in [-0.05, 0) is 25.2 Å². The first kappa shape index (κ1) is 10.4. The number of rotatable bonds is 3. The van der Waals surface area contributed by atoms with Crippen LogP contribution in [0.2, 0.25) is 0 Å². The van der Waals surface area contributed by atoms with Crippen molar-refractivity contribution in [2.45, 2.75) is 38.4 Å². The summed E-state index contributed by atoms with van der Waals surface area (Å²) >= 11 is 0. The molecule has 0 aromatic rings. The lowest BCUT2D eigenvalue weighted by molar-refractivity contribution is 0.0755. The van der Waals surface area contributed by atoms with Gasteiger partial charge in [-0.2, -0.15) is 0 Å². The summed E-state index contributed by atoms with van der Waals surface area (Å²) in [6, 6.07) is 0. The molecule has 0 saturated carbocycles. The second-order valence-electron chi connectivity index (χ2n) is 4.59. The number of nitrogens with zero attached hydrogens (tertiary/aromatic N) is 1. The highest BCUT2D eigenvalue weighted by Gasteiger charge is 2.31. The minimum absolute atomic E-state index is 0.110. The van der Waals surface area contributed by atoms with Gasteiger partial charge in [0.05, 0.1) is 12.2 Å². The Kier molecular flexibility index (Phi) is 3.42. The molecule has 3 atom stereocenters. The Labute approximate surface area is 86.0 Å². The molecule has 2 fully saturated rings. The van der Waals surface area contributed by atoms with Crippen molar-refractivity contribution in [3.63, 3.8) is 0 Å². The highest BCUT2D eigenvalue weighted by atomic mass is 16.5. The molecule has 0 spiro atoms. The van der Waals surface area contributed by atoms with Crippen molar-refractivity contribution in [2.24, 2.45) is 5.92 Å². The van der Waals surface area contributed by atoms with Gasteiger partial charge in [0.1, 0.15) is 0 Å². The van der Waals surface area contributed by atoms with Gasteiger partial charge in [0, 0.05) is 26.2 Å². The van der Waals surface area contributed by atoms with E-state index in [0.29, 0.717) is 12.0 Å². The summed E-state index contributed by atoms with van der Waals surface area (Å²) < 4.78 is 5.60. The zero-order chi connectivity index (χ0) is 9.97. The van der Waals surface area contributed by atoms with Gasteiger partial charge in [-0.1, -0.05) is 6.92 Å². The maximum atomic E-state index is 9.75. The molecule has 3 nitrogen and oxygen atoms in total. The molecular formula is C11H21NO2. The molecule has 2 aliphatic heterocycles. The zero-order valence-electron chi connectivity index (χ0n) is 8.98. The normalized spacial score (nSPS) is 39.4. The SMILES string of the molecule is CCC1CN(CC2CCCO2)CC1O. The fraction of sp³-hybridized carbons (Fsp3) is 1.00. The predicted octanol–water partition coefficient (Wildman–Crippen LogP) is 0.868. The van der Waals surface area contributed by atoms with Gasteiger partial charge >= 0.3 is 0 Å². The van der Waals surface area contributed by atoms with Crippen LogP contribution in [0.15, 0.2) is 0 Å². The maximum Gasteiger partial charge on any atom is 0.0707 e. The highest BCUT2D eigenvalue weighted by Crippen LogP contribution is 2.22. The van der Waals surface area contributed by atoms with Crippen LogP contribution >= 0.6 is 0 Å². The second kappa shape index (κ2) is 4.60. The van der Waals surface area contributed by atoms with Crippen LogP contribution < -0.4 is 0 Å². The molecule has 3 heteroatoms. The van der Waals surface area contributed by atoms with Crippen molar-refractivity contribution in [1.82, 2.24) is 4.90 Å². The van der Waals surface area contributed by atoms with Crippen LogP contribution in [0.3, 0.4) is 0 Å². The van der Waals surface area contributed by atoms with E-state index in [4.69, 9.17) is 4.74 Å². The quantitative estimate of drug-likeness (QED) is 0.732. The lowest BCUT2D eigenvalue weighted by Gasteiger charge is -2.19. The van der Waals surface area contributed by atoms with Crippen molar-refractivity contribution in [3.05, 3.63) is 0 Å². The molecule has 14 heavy (non-hydrogen) atoms. The Hall–Kier alpha value is -0.120. The molecule has 2 aliphatic rings. The van der Waals surface area contributed by atoms with E-state index >= 15 is 0 Å². The Morgan fingerprint density at radius 2 is 2.29 bits per heavy atom. The summed E-state index contributed by atoms with van der Waals surface area (Å²) in [6.07, 6.45) is 3.81. The minimum Gasteiger partial charge on any atom is -0.391 e. The van der Waals surface area contributed by atoms with Crippen LogP contribution in [0, 0.1) is 5.92 Å². The van der Waals surface area contributed by atoms with Gasteiger partial charge in [-0.15, -0.1) is 0 Å². The number of aliphatic hydroxyl groups is 1. The number of hydrogen-bond donors (Lipinski definition) is 1. The zero-order valence-corrected chi connectivity index (χ0v) is 8.98. The van der Waals surface area contributed by atoms with E-state index in [1.54, 1.807) is 0 Å². The number of hydrogen-bond acceptors (Lipinski definition) is 3. The molecule has 0 bridgehead atoms. The largest absolute Gasteiger partial charge is 0.391 e.